The Morgan fingerprint density at radius 3 is 2.88 bits per heavy atom. The van der Waals surface area contributed by atoms with Crippen molar-refractivity contribution in [2.45, 2.75) is 76.5 Å². The number of aryl methyl sites for hydroxylation is 1. The fourth-order valence-electron chi connectivity index (χ4n) is 3.19. The standard InChI is InChI=1S/C18H33N5O2S/c1-5-26(24)15-9-6-8-14(12-15)21-18(19-4)20-11-7-10-16-22-17(13(2)3)23-25-16/h13-15H,5-12H2,1-4H3,(H2,19,20,21). The van der Waals surface area contributed by atoms with Crippen molar-refractivity contribution in [2.24, 2.45) is 4.99 Å². The first-order valence-electron chi connectivity index (χ1n) is 9.70. The fraction of sp³-hybridized carbons (Fsp3) is 0.833. The first kappa shape index (κ1) is 20.9. The Hall–Kier alpha value is -1.44. The van der Waals surface area contributed by atoms with Crippen molar-refractivity contribution >= 4 is 16.8 Å². The molecule has 3 unspecified atom stereocenters. The normalized spacial score (nSPS) is 22.4. The van der Waals surface area contributed by atoms with Gasteiger partial charge in [0.1, 0.15) is 0 Å². The third kappa shape index (κ3) is 6.37. The number of aromatic nitrogens is 2. The summed E-state index contributed by atoms with van der Waals surface area (Å²) in [6.45, 7) is 6.90. The summed E-state index contributed by atoms with van der Waals surface area (Å²) in [4.78, 5) is 8.70. The molecule has 1 aromatic heterocycles. The summed E-state index contributed by atoms with van der Waals surface area (Å²) in [6, 6.07) is 0.347. The molecule has 3 atom stereocenters. The van der Waals surface area contributed by atoms with Crippen LogP contribution in [0.4, 0.5) is 0 Å². The lowest BCUT2D eigenvalue weighted by molar-refractivity contribution is 0.368. The van der Waals surface area contributed by atoms with Crippen molar-refractivity contribution in [1.82, 2.24) is 20.8 Å². The summed E-state index contributed by atoms with van der Waals surface area (Å²) in [5.74, 6) is 3.30. The molecular formula is C18H33N5O2S. The van der Waals surface area contributed by atoms with Gasteiger partial charge >= 0.3 is 0 Å². The van der Waals surface area contributed by atoms with Gasteiger partial charge in [-0.1, -0.05) is 32.3 Å². The molecular weight excluding hydrogens is 350 g/mol. The van der Waals surface area contributed by atoms with Gasteiger partial charge in [0.05, 0.1) is 0 Å². The molecule has 0 aromatic carbocycles. The van der Waals surface area contributed by atoms with E-state index in [2.05, 4.69) is 39.6 Å². The van der Waals surface area contributed by atoms with Crippen molar-refractivity contribution in [2.75, 3.05) is 19.3 Å². The average Bonchev–Trinajstić information content (AvgIpc) is 3.13. The van der Waals surface area contributed by atoms with Gasteiger partial charge in [-0.25, -0.2) is 0 Å². The Kier molecular flexibility index (Phi) is 8.54. The fourth-order valence-corrected chi connectivity index (χ4v) is 4.54. The molecule has 2 N–H and O–H groups in total. The maximum Gasteiger partial charge on any atom is 0.226 e. The zero-order valence-corrected chi connectivity index (χ0v) is 17.3. The second-order valence-electron chi connectivity index (χ2n) is 7.10. The second kappa shape index (κ2) is 10.6. The van der Waals surface area contributed by atoms with E-state index in [1.807, 2.05) is 6.92 Å². The molecule has 0 saturated heterocycles. The van der Waals surface area contributed by atoms with Crippen molar-refractivity contribution < 1.29 is 8.73 Å². The molecule has 2 rings (SSSR count). The first-order valence-corrected chi connectivity index (χ1v) is 11.1. The first-order chi connectivity index (χ1) is 12.5. The molecule has 0 bridgehead atoms. The number of nitrogens with zero attached hydrogens (tertiary/aromatic N) is 3. The lowest BCUT2D eigenvalue weighted by atomic mass is 9.95. The zero-order valence-electron chi connectivity index (χ0n) is 16.5. The number of aliphatic imine (C=N–C) groups is 1. The van der Waals surface area contributed by atoms with Crippen LogP contribution in [0.25, 0.3) is 0 Å². The summed E-state index contributed by atoms with van der Waals surface area (Å²) in [6.07, 6.45) is 5.92. The predicted molar refractivity (Wildman–Crippen MR) is 106 cm³/mol. The van der Waals surface area contributed by atoms with Crippen molar-refractivity contribution in [3.8, 4) is 0 Å². The van der Waals surface area contributed by atoms with Gasteiger partial charge < -0.3 is 15.2 Å². The van der Waals surface area contributed by atoms with Crippen LogP contribution in [0.15, 0.2) is 9.52 Å². The highest BCUT2D eigenvalue weighted by Gasteiger charge is 2.25. The monoisotopic (exact) mass is 383 g/mol. The van der Waals surface area contributed by atoms with E-state index in [0.29, 0.717) is 17.2 Å². The summed E-state index contributed by atoms with van der Waals surface area (Å²) >= 11 is 0. The van der Waals surface area contributed by atoms with Gasteiger partial charge in [0.2, 0.25) is 5.89 Å². The van der Waals surface area contributed by atoms with Crippen LogP contribution >= 0.6 is 0 Å². The number of nitrogens with one attached hydrogen (secondary N) is 2. The number of guanidine groups is 1. The highest BCUT2D eigenvalue weighted by molar-refractivity contribution is 7.85. The average molecular weight is 384 g/mol. The van der Waals surface area contributed by atoms with Gasteiger partial charge in [0.25, 0.3) is 0 Å². The molecule has 1 fully saturated rings. The number of hydrogen-bond donors (Lipinski definition) is 2. The van der Waals surface area contributed by atoms with Crippen LogP contribution in [0.3, 0.4) is 0 Å². The van der Waals surface area contributed by atoms with Crippen LogP contribution in [-0.4, -0.2) is 50.9 Å². The molecule has 0 aliphatic heterocycles. The van der Waals surface area contributed by atoms with E-state index in [0.717, 1.165) is 62.6 Å². The van der Waals surface area contributed by atoms with Crippen LogP contribution in [0.2, 0.25) is 0 Å². The van der Waals surface area contributed by atoms with Gasteiger partial charge in [0.15, 0.2) is 11.8 Å². The summed E-state index contributed by atoms with van der Waals surface area (Å²) in [5.41, 5.74) is 0. The molecule has 1 aliphatic carbocycles. The molecule has 0 spiro atoms. The zero-order chi connectivity index (χ0) is 18.9. The van der Waals surface area contributed by atoms with E-state index in [1.165, 1.54) is 0 Å². The van der Waals surface area contributed by atoms with Crippen LogP contribution < -0.4 is 10.6 Å². The molecule has 1 aliphatic rings. The minimum Gasteiger partial charge on any atom is -0.356 e. The molecule has 1 saturated carbocycles. The molecule has 7 nitrogen and oxygen atoms in total. The van der Waals surface area contributed by atoms with Crippen molar-refractivity contribution in [1.29, 1.82) is 0 Å². The van der Waals surface area contributed by atoms with E-state index in [1.54, 1.807) is 7.05 Å². The van der Waals surface area contributed by atoms with Crippen LogP contribution in [0, 0.1) is 0 Å². The summed E-state index contributed by atoms with van der Waals surface area (Å²) in [7, 11) is 1.08. The number of hydrogen-bond acceptors (Lipinski definition) is 5. The van der Waals surface area contributed by atoms with Crippen LogP contribution in [0.5, 0.6) is 0 Å². The molecule has 1 aromatic rings. The van der Waals surface area contributed by atoms with Gasteiger partial charge in [-0.15, -0.1) is 0 Å². The SMILES string of the molecule is CCS(=O)C1CCCC(NC(=NC)NCCCc2nc(C(C)C)no2)C1. The largest absolute Gasteiger partial charge is 0.356 e. The second-order valence-corrected chi connectivity index (χ2v) is 9.11. The predicted octanol–water partition coefficient (Wildman–Crippen LogP) is 2.37. The maximum atomic E-state index is 12.1. The third-order valence-corrected chi connectivity index (χ3v) is 6.45. The highest BCUT2D eigenvalue weighted by Crippen LogP contribution is 2.22. The Balaban J connectivity index is 1.71. The van der Waals surface area contributed by atoms with E-state index < -0.39 is 10.8 Å². The molecule has 1 heterocycles. The topological polar surface area (TPSA) is 92.4 Å². The van der Waals surface area contributed by atoms with E-state index in [4.69, 9.17) is 4.52 Å². The van der Waals surface area contributed by atoms with Crippen molar-refractivity contribution in [3.63, 3.8) is 0 Å². The molecule has 0 radical (unpaired) electrons. The van der Waals surface area contributed by atoms with Gasteiger partial charge in [-0.3, -0.25) is 9.20 Å². The van der Waals surface area contributed by atoms with Crippen LogP contribution in [-0.2, 0) is 17.2 Å². The number of rotatable bonds is 8. The summed E-state index contributed by atoms with van der Waals surface area (Å²) in [5, 5.41) is 11.1. The molecule has 0 amide bonds. The molecule has 26 heavy (non-hydrogen) atoms. The molecule has 148 valence electrons. The van der Waals surface area contributed by atoms with Gasteiger partial charge in [0, 0.05) is 53.8 Å². The lowest BCUT2D eigenvalue weighted by Gasteiger charge is -2.30. The third-order valence-electron chi connectivity index (χ3n) is 4.71. The Bertz CT molecular complexity index is 602. The minimum absolute atomic E-state index is 0.287. The Morgan fingerprint density at radius 1 is 1.42 bits per heavy atom. The van der Waals surface area contributed by atoms with E-state index in [-0.39, 0.29) is 5.92 Å². The van der Waals surface area contributed by atoms with E-state index >= 15 is 0 Å². The lowest BCUT2D eigenvalue weighted by Crippen LogP contribution is -2.46. The van der Waals surface area contributed by atoms with Gasteiger partial charge in [-0.2, -0.15) is 4.98 Å². The highest BCUT2D eigenvalue weighted by atomic mass is 32.2. The Morgan fingerprint density at radius 2 is 2.23 bits per heavy atom. The molecule has 8 heteroatoms. The minimum atomic E-state index is -0.704. The van der Waals surface area contributed by atoms with Crippen LogP contribution in [0.1, 0.15) is 70.5 Å². The summed E-state index contributed by atoms with van der Waals surface area (Å²) < 4.78 is 17.3. The van der Waals surface area contributed by atoms with Crippen molar-refractivity contribution in [3.05, 3.63) is 11.7 Å². The van der Waals surface area contributed by atoms with Gasteiger partial charge in [-0.05, 0) is 25.7 Å². The Labute approximate surface area is 159 Å². The maximum absolute atomic E-state index is 12.1. The quantitative estimate of drug-likeness (QED) is 0.407. The smallest absolute Gasteiger partial charge is 0.226 e. The van der Waals surface area contributed by atoms with E-state index in [9.17, 15) is 4.21 Å².